The molecule has 0 saturated heterocycles. The second kappa shape index (κ2) is 7.93. The van der Waals surface area contributed by atoms with E-state index in [1.165, 1.54) is 0 Å². The Kier molecular flexibility index (Phi) is 5.62. The Morgan fingerprint density at radius 3 is 2.74 bits per heavy atom. The van der Waals surface area contributed by atoms with Gasteiger partial charge in [0.25, 0.3) is 5.56 Å². The lowest BCUT2D eigenvalue weighted by Gasteiger charge is -2.11. The summed E-state index contributed by atoms with van der Waals surface area (Å²) in [5.41, 5.74) is 2.97. The Hall–Kier alpha value is -2.65. The lowest BCUT2D eigenvalue weighted by molar-refractivity contribution is 0.412. The number of unbranched alkanes of at least 4 members (excludes halogenated alkanes) is 1. The third kappa shape index (κ3) is 3.47. The van der Waals surface area contributed by atoms with Crippen LogP contribution < -0.4 is 10.3 Å². The number of nitrogens with zero attached hydrogens (tertiary/aromatic N) is 3. The predicted octanol–water partition coefficient (Wildman–Crippen LogP) is 4.62. The summed E-state index contributed by atoms with van der Waals surface area (Å²) >= 11 is 1.56. The average molecular weight is 382 g/mol. The lowest BCUT2D eigenvalue weighted by Crippen LogP contribution is -2.25. The lowest BCUT2D eigenvalue weighted by atomic mass is 10.0. The van der Waals surface area contributed by atoms with Gasteiger partial charge in [0.15, 0.2) is 0 Å². The number of fused-ring (bicyclic) bond motifs is 1. The first-order valence-electron chi connectivity index (χ1n) is 9.06. The molecule has 3 aromatic rings. The molecule has 0 N–H and O–H groups in total. The van der Waals surface area contributed by atoms with Crippen molar-refractivity contribution in [3.63, 3.8) is 0 Å². The van der Waals surface area contributed by atoms with Crippen molar-refractivity contribution in [2.75, 3.05) is 7.11 Å². The van der Waals surface area contributed by atoms with Crippen molar-refractivity contribution < 1.29 is 4.74 Å². The van der Waals surface area contributed by atoms with Crippen molar-refractivity contribution in [2.45, 2.75) is 46.6 Å². The predicted molar refractivity (Wildman–Crippen MR) is 110 cm³/mol. The van der Waals surface area contributed by atoms with Gasteiger partial charge in [-0.1, -0.05) is 13.0 Å². The van der Waals surface area contributed by atoms with Crippen molar-refractivity contribution in [2.24, 2.45) is 0 Å². The molecule has 0 atom stereocenters. The van der Waals surface area contributed by atoms with Gasteiger partial charge in [0.1, 0.15) is 16.4 Å². The van der Waals surface area contributed by atoms with E-state index < -0.39 is 0 Å². The molecule has 6 heteroatoms. The van der Waals surface area contributed by atoms with Crippen LogP contribution in [0.15, 0.2) is 23.0 Å². The zero-order valence-electron chi connectivity index (χ0n) is 16.1. The summed E-state index contributed by atoms with van der Waals surface area (Å²) in [4.78, 5) is 20.0. The number of benzene rings is 1. The van der Waals surface area contributed by atoms with Crippen LogP contribution in [0.5, 0.6) is 5.75 Å². The number of nitriles is 1. The highest BCUT2D eigenvalue weighted by atomic mass is 32.1. The minimum Gasteiger partial charge on any atom is -0.496 e. The Morgan fingerprint density at radius 1 is 1.33 bits per heavy atom. The molecule has 0 unspecified atom stereocenters. The molecule has 0 saturated carbocycles. The molecule has 0 amide bonds. The number of ether oxygens (including phenoxy) is 1. The maximum atomic E-state index is 13.3. The molecule has 1 aromatic carbocycles. The zero-order valence-corrected chi connectivity index (χ0v) is 16.9. The number of aromatic nitrogens is 2. The summed E-state index contributed by atoms with van der Waals surface area (Å²) in [5, 5.41) is 9.49. The normalized spacial score (nSPS) is 10.9. The molecule has 5 nitrogen and oxygen atoms in total. The Labute approximate surface area is 162 Å². The maximum Gasteiger partial charge on any atom is 0.262 e. The van der Waals surface area contributed by atoms with E-state index in [0.717, 1.165) is 38.0 Å². The number of hydrogen-bond donors (Lipinski definition) is 0. The average Bonchev–Trinajstić information content (AvgIpc) is 2.99. The monoisotopic (exact) mass is 381 g/mol. The van der Waals surface area contributed by atoms with E-state index in [9.17, 15) is 4.79 Å². The molecule has 3 rings (SSSR count). The first kappa shape index (κ1) is 19.1. The molecule has 0 radical (unpaired) electrons. The van der Waals surface area contributed by atoms with Crippen LogP contribution in [0.1, 0.15) is 36.0 Å². The van der Waals surface area contributed by atoms with Crippen LogP contribution >= 0.6 is 11.3 Å². The van der Waals surface area contributed by atoms with E-state index in [1.54, 1.807) is 23.0 Å². The zero-order chi connectivity index (χ0) is 19.6. The first-order valence-corrected chi connectivity index (χ1v) is 9.88. The summed E-state index contributed by atoms with van der Waals surface area (Å²) < 4.78 is 7.10. The molecule has 2 aromatic heterocycles. The van der Waals surface area contributed by atoms with E-state index in [-0.39, 0.29) is 5.56 Å². The summed E-state index contributed by atoms with van der Waals surface area (Å²) in [6.07, 6.45) is 1.77. The Morgan fingerprint density at radius 2 is 2.11 bits per heavy atom. The van der Waals surface area contributed by atoms with Gasteiger partial charge in [0, 0.05) is 29.8 Å². The molecule has 27 heavy (non-hydrogen) atoms. The molecule has 0 aliphatic carbocycles. The van der Waals surface area contributed by atoms with Crippen LogP contribution in [-0.2, 0) is 13.0 Å². The van der Waals surface area contributed by atoms with Crippen LogP contribution in [0.2, 0.25) is 0 Å². The number of methoxy groups -OCH3 is 1. The number of aryl methyl sites for hydroxylation is 3. The molecule has 140 valence electrons. The van der Waals surface area contributed by atoms with E-state index in [4.69, 9.17) is 15.0 Å². The van der Waals surface area contributed by atoms with Gasteiger partial charge in [0.2, 0.25) is 0 Å². The minimum absolute atomic E-state index is 0.0115. The van der Waals surface area contributed by atoms with Gasteiger partial charge in [-0.3, -0.25) is 9.36 Å². The molecular formula is C21H23N3O2S. The highest BCUT2D eigenvalue weighted by Crippen LogP contribution is 2.37. The van der Waals surface area contributed by atoms with E-state index in [1.807, 2.05) is 32.9 Å². The highest BCUT2D eigenvalue weighted by Gasteiger charge is 2.19. The summed E-state index contributed by atoms with van der Waals surface area (Å²) in [7, 11) is 1.66. The smallest absolute Gasteiger partial charge is 0.262 e. The second-order valence-corrected chi connectivity index (χ2v) is 7.70. The van der Waals surface area contributed by atoms with Gasteiger partial charge in [-0.2, -0.15) is 5.26 Å². The fourth-order valence-electron chi connectivity index (χ4n) is 3.44. The Balaban J connectivity index is 2.24. The van der Waals surface area contributed by atoms with Crippen LogP contribution in [-0.4, -0.2) is 16.7 Å². The van der Waals surface area contributed by atoms with E-state index >= 15 is 0 Å². The first-order chi connectivity index (χ1) is 13.0. The van der Waals surface area contributed by atoms with E-state index in [0.29, 0.717) is 31.2 Å². The van der Waals surface area contributed by atoms with Crippen LogP contribution in [0.25, 0.3) is 21.3 Å². The third-order valence-corrected chi connectivity index (χ3v) is 5.74. The number of rotatable bonds is 6. The van der Waals surface area contributed by atoms with Crippen LogP contribution in [0.3, 0.4) is 0 Å². The van der Waals surface area contributed by atoms with Gasteiger partial charge >= 0.3 is 0 Å². The molecule has 0 spiro atoms. The summed E-state index contributed by atoms with van der Waals surface area (Å²) in [6, 6.07) is 8.13. The number of hydrogen-bond acceptors (Lipinski definition) is 5. The van der Waals surface area contributed by atoms with Gasteiger partial charge < -0.3 is 4.74 Å². The van der Waals surface area contributed by atoms with Gasteiger partial charge in [-0.25, -0.2) is 4.98 Å². The van der Waals surface area contributed by atoms with Gasteiger partial charge in [-0.15, -0.1) is 11.3 Å². The molecule has 2 heterocycles. The van der Waals surface area contributed by atoms with Crippen molar-refractivity contribution in [1.82, 2.24) is 9.55 Å². The quantitative estimate of drug-likeness (QED) is 0.585. The molecule has 0 bridgehead atoms. The Bertz CT molecular complexity index is 1090. The topological polar surface area (TPSA) is 67.9 Å². The van der Waals surface area contributed by atoms with Crippen molar-refractivity contribution >= 4 is 21.6 Å². The minimum atomic E-state index is -0.0115. The van der Waals surface area contributed by atoms with Crippen molar-refractivity contribution in [3.8, 4) is 22.9 Å². The van der Waals surface area contributed by atoms with Crippen molar-refractivity contribution in [1.29, 1.82) is 5.26 Å². The molecule has 0 aliphatic rings. The SMILES string of the molecule is CCc1nc2sc(C)c(-c3ccc(OC)c(C)c3)c2c(=O)n1CCCC#N. The van der Waals surface area contributed by atoms with E-state index in [2.05, 4.69) is 12.1 Å². The highest BCUT2D eigenvalue weighted by molar-refractivity contribution is 7.19. The third-order valence-electron chi connectivity index (χ3n) is 4.74. The standard InChI is InChI=1S/C21H23N3O2S/c1-5-17-23-20-19(21(25)24(17)11-7-6-10-22)18(14(3)27-20)15-8-9-16(26-4)13(2)12-15/h8-9,12H,5-7,11H2,1-4H3. The molecule has 0 fully saturated rings. The fourth-order valence-corrected chi connectivity index (χ4v) is 4.49. The molecular weight excluding hydrogens is 358 g/mol. The van der Waals surface area contributed by atoms with Gasteiger partial charge in [-0.05, 0) is 43.5 Å². The second-order valence-electron chi connectivity index (χ2n) is 6.50. The maximum absolute atomic E-state index is 13.3. The van der Waals surface area contributed by atoms with Gasteiger partial charge in [0.05, 0.1) is 18.6 Å². The summed E-state index contributed by atoms with van der Waals surface area (Å²) in [6.45, 7) is 6.56. The van der Waals surface area contributed by atoms with Crippen LogP contribution in [0.4, 0.5) is 0 Å². The van der Waals surface area contributed by atoms with Crippen molar-refractivity contribution in [3.05, 3.63) is 44.8 Å². The fraction of sp³-hybridized carbons (Fsp3) is 0.381. The number of thiophene rings is 1. The molecule has 0 aliphatic heterocycles. The summed E-state index contributed by atoms with van der Waals surface area (Å²) in [5.74, 6) is 1.61. The largest absolute Gasteiger partial charge is 0.496 e. The van der Waals surface area contributed by atoms with Crippen LogP contribution in [0, 0.1) is 25.2 Å².